The maximum absolute atomic E-state index is 5.82. The summed E-state index contributed by atoms with van der Waals surface area (Å²) in [5, 5.41) is 3.51. The monoisotopic (exact) mass is 263 g/mol. The molecule has 0 aliphatic heterocycles. The van der Waals surface area contributed by atoms with Gasteiger partial charge < -0.3 is 10.1 Å². The lowest BCUT2D eigenvalue weighted by Crippen LogP contribution is -2.31. The van der Waals surface area contributed by atoms with Crippen molar-refractivity contribution in [3.63, 3.8) is 0 Å². The molecule has 0 aliphatic rings. The van der Waals surface area contributed by atoms with Gasteiger partial charge in [-0.25, -0.2) is 0 Å². The van der Waals surface area contributed by atoms with Gasteiger partial charge in [-0.05, 0) is 36.0 Å². The molecule has 19 heavy (non-hydrogen) atoms. The van der Waals surface area contributed by atoms with Crippen molar-refractivity contribution in [3.8, 4) is 5.75 Å². The zero-order valence-corrected chi connectivity index (χ0v) is 13.1. The molecule has 0 bridgehead atoms. The van der Waals surface area contributed by atoms with Crippen LogP contribution in [0.15, 0.2) is 24.3 Å². The highest BCUT2D eigenvalue weighted by atomic mass is 16.5. The van der Waals surface area contributed by atoms with Crippen LogP contribution in [0, 0.1) is 0 Å². The van der Waals surface area contributed by atoms with Gasteiger partial charge in [0, 0.05) is 12.6 Å². The van der Waals surface area contributed by atoms with Crippen LogP contribution in [-0.4, -0.2) is 19.2 Å². The first kappa shape index (κ1) is 16.0. The second-order valence-electron chi connectivity index (χ2n) is 6.09. The van der Waals surface area contributed by atoms with Crippen LogP contribution in [0.4, 0.5) is 0 Å². The van der Waals surface area contributed by atoms with Crippen LogP contribution in [-0.2, 0) is 5.41 Å². The minimum atomic E-state index is 0.174. The predicted molar refractivity (Wildman–Crippen MR) is 83.0 cm³/mol. The zero-order valence-electron chi connectivity index (χ0n) is 13.1. The topological polar surface area (TPSA) is 21.3 Å². The molecule has 0 atom stereocenters. The van der Waals surface area contributed by atoms with Crippen molar-refractivity contribution in [1.82, 2.24) is 5.32 Å². The molecule has 1 N–H and O–H groups in total. The van der Waals surface area contributed by atoms with Gasteiger partial charge in [-0.15, -0.1) is 0 Å². The van der Waals surface area contributed by atoms with Crippen molar-refractivity contribution < 1.29 is 4.74 Å². The fraction of sp³-hybridized carbons (Fsp3) is 0.647. The molecular formula is C17H29NO. The van der Waals surface area contributed by atoms with E-state index in [1.165, 1.54) is 18.4 Å². The third-order valence-electron chi connectivity index (χ3n) is 3.49. The van der Waals surface area contributed by atoms with Gasteiger partial charge in [-0.1, -0.05) is 46.8 Å². The van der Waals surface area contributed by atoms with Crippen molar-refractivity contribution in [1.29, 1.82) is 0 Å². The molecule has 0 saturated carbocycles. The Morgan fingerprint density at radius 1 is 1.16 bits per heavy atom. The van der Waals surface area contributed by atoms with E-state index < -0.39 is 0 Å². The van der Waals surface area contributed by atoms with Gasteiger partial charge in [0.1, 0.15) is 12.4 Å². The quantitative estimate of drug-likeness (QED) is 0.746. The van der Waals surface area contributed by atoms with Crippen molar-refractivity contribution in [2.75, 3.05) is 13.2 Å². The predicted octanol–water partition coefficient (Wildman–Crippen LogP) is 4.14. The fourth-order valence-corrected chi connectivity index (χ4v) is 2.06. The van der Waals surface area contributed by atoms with Gasteiger partial charge in [0.25, 0.3) is 0 Å². The van der Waals surface area contributed by atoms with Gasteiger partial charge in [-0.2, -0.15) is 0 Å². The van der Waals surface area contributed by atoms with Crippen LogP contribution in [0.25, 0.3) is 0 Å². The van der Waals surface area contributed by atoms with E-state index in [9.17, 15) is 0 Å². The highest BCUT2D eigenvalue weighted by Gasteiger charge is 2.13. The fourth-order valence-electron chi connectivity index (χ4n) is 2.06. The number of rotatable bonds is 7. The molecule has 0 heterocycles. The van der Waals surface area contributed by atoms with Crippen LogP contribution >= 0.6 is 0 Å². The molecule has 1 aromatic rings. The summed E-state index contributed by atoms with van der Waals surface area (Å²) >= 11 is 0. The second kappa shape index (κ2) is 7.54. The highest BCUT2D eigenvalue weighted by Crippen LogP contribution is 2.25. The smallest absolute Gasteiger partial charge is 0.119 e. The van der Waals surface area contributed by atoms with Gasteiger partial charge in [0.15, 0.2) is 0 Å². The Hall–Kier alpha value is -1.02. The van der Waals surface area contributed by atoms with E-state index in [1.54, 1.807) is 0 Å². The first-order chi connectivity index (χ1) is 8.97. The van der Waals surface area contributed by atoms with E-state index in [1.807, 2.05) is 6.07 Å². The van der Waals surface area contributed by atoms with E-state index >= 15 is 0 Å². The molecule has 0 saturated heterocycles. The molecule has 1 aromatic carbocycles. The Labute approximate surface area is 118 Å². The molecule has 2 heteroatoms. The normalized spacial score (nSPS) is 11.9. The molecular weight excluding hydrogens is 234 g/mol. The highest BCUT2D eigenvalue weighted by molar-refractivity contribution is 5.32. The Morgan fingerprint density at radius 3 is 2.42 bits per heavy atom. The summed E-state index contributed by atoms with van der Waals surface area (Å²) in [7, 11) is 0. The summed E-state index contributed by atoms with van der Waals surface area (Å²) in [6.07, 6.45) is 2.35. The Morgan fingerprint density at radius 2 is 1.84 bits per heavy atom. The lowest BCUT2D eigenvalue weighted by Gasteiger charge is -2.20. The van der Waals surface area contributed by atoms with E-state index in [4.69, 9.17) is 4.74 Å². The lowest BCUT2D eigenvalue weighted by atomic mass is 9.87. The molecule has 0 fully saturated rings. The van der Waals surface area contributed by atoms with Gasteiger partial charge >= 0.3 is 0 Å². The SMILES string of the molecule is CCC(CC)NCCOc1cccc(C(C)(C)C)c1. The average molecular weight is 263 g/mol. The molecule has 0 radical (unpaired) electrons. The van der Waals surface area contributed by atoms with Crippen molar-refractivity contribution in [2.45, 2.75) is 58.9 Å². The van der Waals surface area contributed by atoms with E-state index in [0.29, 0.717) is 6.04 Å². The van der Waals surface area contributed by atoms with E-state index in [2.05, 4.69) is 58.1 Å². The van der Waals surface area contributed by atoms with Crippen LogP contribution in [0.2, 0.25) is 0 Å². The first-order valence-electron chi connectivity index (χ1n) is 7.44. The van der Waals surface area contributed by atoms with Gasteiger partial charge in [0.05, 0.1) is 0 Å². The van der Waals surface area contributed by atoms with Crippen LogP contribution in [0.1, 0.15) is 53.0 Å². The molecule has 0 unspecified atom stereocenters. The standard InChI is InChI=1S/C17H29NO/c1-6-15(7-2)18-11-12-19-16-10-8-9-14(13-16)17(3,4)5/h8-10,13,15,18H,6-7,11-12H2,1-5H3. The first-order valence-corrected chi connectivity index (χ1v) is 7.44. The summed E-state index contributed by atoms with van der Waals surface area (Å²) in [5.41, 5.74) is 1.49. The number of ether oxygens (including phenoxy) is 1. The molecule has 0 spiro atoms. The summed E-state index contributed by atoms with van der Waals surface area (Å²) < 4.78 is 5.82. The third-order valence-corrected chi connectivity index (χ3v) is 3.49. The Kier molecular flexibility index (Phi) is 6.36. The van der Waals surface area contributed by atoms with E-state index in [-0.39, 0.29) is 5.41 Å². The molecule has 1 rings (SSSR count). The van der Waals surface area contributed by atoms with Crippen LogP contribution in [0.5, 0.6) is 5.75 Å². The summed E-state index contributed by atoms with van der Waals surface area (Å²) in [4.78, 5) is 0. The average Bonchev–Trinajstić information content (AvgIpc) is 2.38. The van der Waals surface area contributed by atoms with Crippen molar-refractivity contribution in [2.24, 2.45) is 0 Å². The number of nitrogens with one attached hydrogen (secondary N) is 1. The molecule has 0 aromatic heterocycles. The number of benzene rings is 1. The molecule has 108 valence electrons. The summed E-state index contributed by atoms with van der Waals surface area (Å²) in [6.45, 7) is 12.7. The summed E-state index contributed by atoms with van der Waals surface area (Å²) in [5.74, 6) is 0.971. The molecule has 0 aliphatic carbocycles. The minimum Gasteiger partial charge on any atom is -0.492 e. The van der Waals surface area contributed by atoms with Crippen molar-refractivity contribution in [3.05, 3.63) is 29.8 Å². The van der Waals surface area contributed by atoms with Gasteiger partial charge in [-0.3, -0.25) is 0 Å². The second-order valence-corrected chi connectivity index (χ2v) is 6.09. The molecule has 2 nitrogen and oxygen atoms in total. The van der Waals surface area contributed by atoms with Crippen LogP contribution in [0.3, 0.4) is 0 Å². The zero-order chi connectivity index (χ0) is 14.3. The van der Waals surface area contributed by atoms with Crippen molar-refractivity contribution >= 4 is 0 Å². The maximum atomic E-state index is 5.82. The van der Waals surface area contributed by atoms with Crippen LogP contribution < -0.4 is 10.1 Å². The summed E-state index contributed by atoms with van der Waals surface area (Å²) in [6, 6.07) is 9.03. The number of hydrogen-bond donors (Lipinski definition) is 1. The van der Waals surface area contributed by atoms with E-state index in [0.717, 1.165) is 18.9 Å². The third kappa shape index (κ3) is 5.65. The lowest BCUT2D eigenvalue weighted by molar-refractivity contribution is 0.301. The number of hydrogen-bond acceptors (Lipinski definition) is 2. The Balaban J connectivity index is 2.42. The minimum absolute atomic E-state index is 0.174. The molecule has 0 amide bonds. The Bertz CT molecular complexity index is 364. The maximum Gasteiger partial charge on any atom is 0.119 e. The van der Waals surface area contributed by atoms with Gasteiger partial charge in [0.2, 0.25) is 0 Å². The largest absolute Gasteiger partial charge is 0.492 e.